The maximum atomic E-state index is 11.7. The van der Waals surface area contributed by atoms with E-state index in [9.17, 15) is 9.59 Å². The first-order chi connectivity index (χ1) is 8.91. The topological polar surface area (TPSA) is 78.4 Å². The summed E-state index contributed by atoms with van der Waals surface area (Å²) in [4.78, 5) is 22.3. The number of amides is 2. The Balaban J connectivity index is 2.46. The zero-order valence-corrected chi connectivity index (χ0v) is 11.5. The molecule has 2 amide bonds. The third kappa shape index (κ3) is 4.62. The minimum atomic E-state index is -0.850. The van der Waals surface area contributed by atoms with Crippen molar-refractivity contribution in [1.29, 1.82) is 0 Å². The Morgan fingerprint density at radius 2 is 1.84 bits per heavy atom. The first kappa shape index (κ1) is 15.0. The van der Waals surface area contributed by atoms with E-state index in [2.05, 4.69) is 10.6 Å². The smallest absolute Gasteiger partial charge is 0.319 e. The SMILES string of the molecule is Cc1cccc(C)c1NC(=O)NCCC(C)C(=O)O. The van der Waals surface area contributed by atoms with Crippen LogP contribution in [-0.2, 0) is 4.79 Å². The van der Waals surface area contributed by atoms with Gasteiger partial charge in [-0.15, -0.1) is 0 Å². The second-order valence-electron chi connectivity index (χ2n) is 4.68. The lowest BCUT2D eigenvalue weighted by Crippen LogP contribution is -2.31. The van der Waals surface area contributed by atoms with E-state index < -0.39 is 11.9 Å². The number of aryl methyl sites for hydroxylation is 2. The van der Waals surface area contributed by atoms with Gasteiger partial charge in [-0.3, -0.25) is 4.79 Å². The number of carbonyl (C=O) groups is 2. The lowest BCUT2D eigenvalue weighted by Gasteiger charge is -2.13. The summed E-state index contributed by atoms with van der Waals surface area (Å²) < 4.78 is 0. The first-order valence-electron chi connectivity index (χ1n) is 6.25. The predicted molar refractivity (Wildman–Crippen MR) is 74.4 cm³/mol. The predicted octanol–water partition coefficient (Wildman–Crippen LogP) is 2.54. The van der Waals surface area contributed by atoms with Crippen molar-refractivity contribution in [3.8, 4) is 0 Å². The molecule has 0 aliphatic carbocycles. The van der Waals surface area contributed by atoms with Gasteiger partial charge in [0.1, 0.15) is 0 Å². The van der Waals surface area contributed by atoms with Gasteiger partial charge in [-0.1, -0.05) is 25.1 Å². The molecular formula is C14H20N2O3. The number of carboxylic acids is 1. The van der Waals surface area contributed by atoms with Crippen LogP contribution in [0, 0.1) is 19.8 Å². The number of nitrogens with one attached hydrogen (secondary N) is 2. The van der Waals surface area contributed by atoms with Crippen LogP contribution in [0.4, 0.5) is 10.5 Å². The van der Waals surface area contributed by atoms with Crippen LogP contribution in [-0.4, -0.2) is 23.7 Å². The molecule has 0 saturated carbocycles. The van der Waals surface area contributed by atoms with Crippen LogP contribution >= 0.6 is 0 Å². The molecule has 5 heteroatoms. The van der Waals surface area contributed by atoms with Gasteiger partial charge in [0.15, 0.2) is 0 Å². The van der Waals surface area contributed by atoms with Gasteiger partial charge in [-0.05, 0) is 31.4 Å². The molecule has 19 heavy (non-hydrogen) atoms. The van der Waals surface area contributed by atoms with Gasteiger partial charge in [0.2, 0.25) is 0 Å². The molecular weight excluding hydrogens is 244 g/mol. The summed E-state index contributed by atoms with van der Waals surface area (Å²) in [7, 11) is 0. The lowest BCUT2D eigenvalue weighted by molar-refractivity contribution is -0.141. The minimum Gasteiger partial charge on any atom is -0.481 e. The third-order valence-corrected chi connectivity index (χ3v) is 3.00. The van der Waals surface area contributed by atoms with Crippen LogP contribution in [0.5, 0.6) is 0 Å². The molecule has 1 rings (SSSR count). The molecule has 0 bridgehead atoms. The molecule has 0 heterocycles. The normalized spacial score (nSPS) is 11.7. The summed E-state index contributed by atoms with van der Waals surface area (Å²) in [5, 5.41) is 14.2. The maximum Gasteiger partial charge on any atom is 0.319 e. The molecule has 0 fully saturated rings. The van der Waals surface area contributed by atoms with Crippen molar-refractivity contribution in [2.45, 2.75) is 27.2 Å². The van der Waals surface area contributed by atoms with E-state index >= 15 is 0 Å². The van der Waals surface area contributed by atoms with Crippen LogP contribution in [0.1, 0.15) is 24.5 Å². The molecule has 5 nitrogen and oxygen atoms in total. The third-order valence-electron chi connectivity index (χ3n) is 3.00. The minimum absolute atomic E-state index is 0.310. The summed E-state index contributed by atoms with van der Waals surface area (Å²) in [6.07, 6.45) is 0.412. The highest BCUT2D eigenvalue weighted by Gasteiger charge is 2.11. The van der Waals surface area contributed by atoms with Crippen molar-refractivity contribution in [1.82, 2.24) is 5.32 Å². The van der Waals surface area contributed by atoms with Crippen molar-refractivity contribution in [2.24, 2.45) is 5.92 Å². The van der Waals surface area contributed by atoms with Gasteiger partial charge >= 0.3 is 12.0 Å². The Hall–Kier alpha value is -2.04. The van der Waals surface area contributed by atoms with Gasteiger partial charge in [0.05, 0.1) is 5.92 Å². The van der Waals surface area contributed by atoms with Gasteiger partial charge in [-0.2, -0.15) is 0 Å². The van der Waals surface area contributed by atoms with E-state index in [1.54, 1.807) is 6.92 Å². The Labute approximate surface area is 113 Å². The second kappa shape index (κ2) is 6.78. The largest absolute Gasteiger partial charge is 0.481 e. The fourth-order valence-corrected chi connectivity index (χ4v) is 1.70. The van der Waals surface area contributed by atoms with Crippen LogP contribution in [0.15, 0.2) is 18.2 Å². The Bertz CT molecular complexity index is 452. The lowest BCUT2D eigenvalue weighted by atomic mass is 10.1. The van der Waals surface area contributed by atoms with Crippen molar-refractivity contribution in [2.75, 3.05) is 11.9 Å². The molecule has 0 aliphatic rings. The average Bonchev–Trinajstić information content (AvgIpc) is 2.33. The van der Waals surface area contributed by atoms with E-state index in [1.165, 1.54) is 0 Å². The number of hydrogen-bond acceptors (Lipinski definition) is 2. The fraction of sp³-hybridized carbons (Fsp3) is 0.429. The van der Waals surface area contributed by atoms with Crippen molar-refractivity contribution < 1.29 is 14.7 Å². The highest BCUT2D eigenvalue weighted by molar-refractivity contribution is 5.90. The second-order valence-corrected chi connectivity index (χ2v) is 4.68. The summed E-state index contributed by atoms with van der Waals surface area (Å²) in [6, 6.07) is 5.47. The Morgan fingerprint density at radius 3 is 2.37 bits per heavy atom. The van der Waals surface area contributed by atoms with Crippen LogP contribution < -0.4 is 10.6 Å². The van der Waals surface area contributed by atoms with Crippen LogP contribution in [0.25, 0.3) is 0 Å². The van der Waals surface area contributed by atoms with E-state index in [0.717, 1.165) is 16.8 Å². The van der Waals surface area contributed by atoms with E-state index in [4.69, 9.17) is 5.11 Å². The molecule has 104 valence electrons. The molecule has 0 aliphatic heterocycles. The summed E-state index contributed by atoms with van der Waals surface area (Å²) in [5.41, 5.74) is 2.79. The molecule has 0 aromatic heterocycles. The monoisotopic (exact) mass is 264 g/mol. The Kier molecular flexibility index (Phi) is 5.36. The van der Waals surface area contributed by atoms with Crippen molar-refractivity contribution in [3.05, 3.63) is 29.3 Å². The van der Waals surface area contributed by atoms with E-state index in [-0.39, 0.29) is 6.03 Å². The van der Waals surface area contributed by atoms with E-state index in [0.29, 0.717) is 13.0 Å². The van der Waals surface area contributed by atoms with Gasteiger partial charge in [0.25, 0.3) is 0 Å². The molecule has 1 atom stereocenters. The number of aliphatic carboxylic acids is 1. The number of anilines is 1. The molecule has 1 aromatic rings. The fourth-order valence-electron chi connectivity index (χ4n) is 1.70. The number of carboxylic acid groups (broad SMARTS) is 1. The molecule has 1 unspecified atom stereocenters. The van der Waals surface area contributed by atoms with Crippen molar-refractivity contribution >= 4 is 17.7 Å². The quantitative estimate of drug-likeness (QED) is 0.764. The Morgan fingerprint density at radius 1 is 1.26 bits per heavy atom. The molecule has 3 N–H and O–H groups in total. The zero-order chi connectivity index (χ0) is 14.4. The number of rotatable bonds is 5. The number of urea groups is 1. The molecule has 1 aromatic carbocycles. The molecule has 0 saturated heterocycles. The number of para-hydroxylation sites is 1. The average molecular weight is 264 g/mol. The number of carbonyl (C=O) groups excluding carboxylic acids is 1. The summed E-state index contributed by atoms with van der Waals surface area (Å²) in [5.74, 6) is -1.31. The molecule has 0 spiro atoms. The van der Waals surface area contributed by atoms with Gasteiger partial charge in [-0.25, -0.2) is 4.79 Å². The summed E-state index contributed by atoms with van der Waals surface area (Å²) in [6.45, 7) is 5.81. The summed E-state index contributed by atoms with van der Waals surface area (Å²) >= 11 is 0. The van der Waals surface area contributed by atoms with Crippen molar-refractivity contribution in [3.63, 3.8) is 0 Å². The number of hydrogen-bond donors (Lipinski definition) is 3. The van der Waals surface area contributed by atoms with Crippen LogP contribution in [0.2, 0.25) is 0 Å². The standard InChI is InChI=1S/C14H20N2O3/c1-9-5-4-6-10(2)12(9)16-14(19)15-8-7-11(3)13(17)18/h4-6,11H,7-8H2,1-3H3,(H,17,18)(H2,15,16,19). The number of benzene rings is 1. The van der Waals surface area contributed by atoms with E-state index in [1.807, 2.05) is 32.0 Å². The van der Waals surface area contributed by atoms with Crippen LogP contribution in [0.3, 0.4) is 0 Å². The highest BCUT2D eigenvalue weighted by atomic mass is 16.4. The molecule has 0 radical (unpaired) electrons. The van der Waals surface area contributed by atoms with Gasteiger partial charge in [0, 0.05) is 12.2 Å². The highest BCUT2D eigenvalue weighted by Crippen LogP contribution is 2.18. The first-order valence-corrected chi connectivity index (χ1v) is 6.25. The zero-order valence-electron chi connectivity index (χ0n) is 11.5. The van der Waals surface area contributed by atoms with Gasteiger partial charge < -0.3 is 15.7 Å². The maximum absolute atomic E-state index is 11.7.